The number of amides is 1. The number of rotatable bonds is 3. The average molecular weight is 232 g/mol. The number of phenols is 1. The summed E-state index contributed by atoms with van der Waals surface area (Å²) in [5, 5.41) is 21.1. The van der Waals surface area contributed by atoms with Crippen LogP contribution < -0.4 is 5.32 Å². The van der Waals surface area contributed by atoms with Gasteiger partial charge in [0.2, 0.25) is 0 Å². The van der Waals surface area contributed by atoms with E-state index in [1.807, 2.05) is 26.8 Å². The second-order valence-corrected chi connectivity index (χ2v) is 4.34. The predicted octanol–water partition coefficient (Wildman–Crippen LogP) is 1.98. The predicted molar refractivity (Wildman–Crippen MR) is 64.5 cm³/mol. The summed E-state index contributed by atoms with van der Waals surface area (Å²) < 4.78 is 0. The Morgan fingerprint density at radius 1 is 1.47 bits per heavy atom. The number of nitriles is 1. The Morgan fingerprint density at radius 2 is 2.12 bits per heavy atom. The van der Waals surface area contributed by atoms with Crippen LogP contribution >= 0.6 is 0 Å². The molecule has 0 spiro atoms. The van der Waals surface area contributed by atoms with Crippen LogP contribution in [-0.4, -0.2) is 17.1 Å². The standard InChI is InChI=1S/C13H16N2O2/c1-8(2)11(7-14)15-13(17)10-5-4-9(3)6-12(10)16/h4-6,8,11,16H,1-3H3,(H,15,17). The Bertz CT molecular complexity index is 461. The molecule has 1 aromatic rings. The molecule has 0 aliphatic heterocycles. The van der Waals surface area contributed by atoms with Crippen LogP contribution in [0, 0.1) is 24.2 Å². The van der Waals surface area contributed by atoms with Crippen molar-refractivity contribution in [1.82, 2.24) is 5.32 Å². The zero-order valence-corrected chi connectivity index (χ0v) is 10.2. The Kier molecular flexibility index (Phi) is 4.11. The fourth-order valence-corrected chi connectivity index (χ4v) is 1.40. The van der Waals surface area contributed by atoms with Gasteiger partial charge in [0.05, 0.1) is 11.6 Å². The van der Waals surface area contributed by atoms with Gasteiger partial charge in [0.15, 0.2) is 0 Å². The van der Waals surface area contributed by atoms with Crippen LogP contribution in [0.25, 0.3) is 0 Å². The van der Waals surface area contributed by atoms with Gasteiger partial charge < -0.3 is 10.4 Å². The number of aryl methyl sites for hydroxylation is 1. The number of hydrogen-bond acceptors (Lipinski definition) is 3. The number of nitrogens with one attached hydrogen (secondary N) is 1. The zero-order chi connectivity index (χ0) is 13.0. The lowest BCUT2D eigenvalue weighted by Gasteiger charge is -2.15. The van der Waals surface area contributed by atoms with E-state index in [2.05, 4.69) is 5.32 Å². The first-order valence-corrected chi connectivity index (χ1v) is 5.45. The Hall–Kier alpha value is -2.02. The molecule has 4 nitrogen and oxygen atoms in total. The second-order valence-electron chi connectivity index (χ2n) is 4.34. The minimum Gasteiger partial charge on any atom is -0.507 e. The number of aromatic hydroxyl groups is 1. The van der Waals surface area contributed by atoms with Gasteiger partial charge in [-0.3, -0.25) is 4.79 Å². The van der Waals surface area contributed by atoms with Crippen molar-refractivity contribution >= 4 is 5.91 Å². The van der Waals surface area contributed by atoms with Crippen molar-refractivity contribution in [3.63, 3.8) is 0 Å². The summed E-state index contributed by atoms with van der Waals surface area (Å²) in [5.41, 5.74) is 1.07. The first-order chi connectivity index (χ1) is 7.95. The molecule has 1 rings (SSSR count). The van der Waals surface area contributed by atoms with Crippen molar-refractivity contribution < 1.29 is 9.90 Å². The highest BCUT2D eigenvalue weighted by atomic mass is 16.3. The van der Waals surface area contributed by atoms with Gasteiger partial charge in [0.25, 0.3) is 5.91 Å². The SMILES string of the molecule is Cc1ccc(C(=O)NC(C#N)C(C)C)c(O)c1. The molecular weight excluding hydrogens is 216 g/mol. The number of carbonyl (C=O) groups excluding carboxylic acids is 1. The summed E-state index contributed by atoms with van der Waals surface area (Å²) >= 11 is 0. The van der Waals surface area contributed by atoms with Gasteiger partial charge >= 0.3 is 0 Å². The molecule has 0 saturated heterocycles. The van der Waals surface area contributed by atoms with Crippen LogP contribution in [0.5, 0.6) is 5.75 Å². The fraction of sp³-hybridized carbons (Fsp3) is 0.385. The normalized spacial score (nSPS) is 11.9. The summed E-state index contributed by atoms with van der Waals surface area (Å²) in [6, 6.07) is 6.28. The van der Waals surface area contributed by atoms with Crippen molar-refractivity contribution in [3.05, 3.63) is 29.3 Å². The maximum absolute atomic E-state index is 11.8. The number of carbonyl (C=O) groups is 1. The van der Waals surface area contributed by atoms with E-state index in [0.717, 1.165) is 5.56 Å². The quantitative estimate of drug-likeness (QED) is 0.836. The van der Waals surface area contributed by atoms with E-state index in [1.165, 1.54) is 6.07 Å². The lowest BCUT2D eigenvalue weighted by molar-refractivity contribution is 0.0935. The number of hydrogen-bond donors (Lipinski definition) is 2. The maximum Gasteiger partial charge on any atom is 0.256 e. The molecule has 1 aromatic carbocycles. The number of phenolic OH excluding ortho intramolecular Hbond substituents is 1. The largest absolute Gasteiger partial charge is 0.507 e. The smallest absolute Gasteiger partial charge is 0.256 e. The third-order valence-corrected chi connectivity index (χ3v) is 2.49. The molecule has 0 aromatic heterocycles. The summed E-state index contributed by atoms with van der Waals surface area (Å²) in [7, 11) is 0. The van der Waals surface area contributed by atoms with Crippen molar-refractivity contribution in [1.29, 1.82) is 5.26 Å². The molecule has 0 bridgehead atoms. The summed E-state index contributed by atoms with van der Waals surface area (Å²) in [4.78, 5) is 11.8. The number of benzene rings is 1. The van der Waals surface area contributed by atoms with Crippen LogP contribution in [0.4, 0.5) is 0 Å². The van der Waals surface area contributed by atoms with Gasteiger partial charge in [0, 0.05) is 0 Å². The minimum absolute atomic E-state index is 0.0246. The van der Waals surface area contributed by atoms with E-state index in [-0.39, 0.29) is 17.2 Å². The molecule has 0 heterocycles. The Morgan fingerprint density at radius 3 is 2.59 bits per heavy atom. The van der Waals surface area contributed by atoms with E-state index < -0.39 is 11.9 Å². The molecule has 2 N–H and O–H groups in total. The molecule has 90 valence electrons. The van der Waals surface area contributed by atoms with Crippen molar-refractivity contribution in [2.24, 2.45) is 5.92 Å². The molecule has 4 heteroatoms. The highest BCUT2D eigenvalue weighted by Crippen LogP contribution is 2.18. The van der Waals surface area contributed by atoms with Crippen LogP contribution in [0.15, 0.2) is 18.2 Å². The molecule has 0 aliphatic rings. The fourth-order valence-electron chi connectivity index (χ4n) is 1.40. The highest BCUT2D eigenvalue weighted by Gasteiger charge is 2.18. The van der Waals surface area contributed by atoms with Gasteiger partial charge in [-0.15, -0.1) is 0 Å². The minimum atomic E-state index is -0.553. The van der Waals surface area contributed by atoms with Crippen LogP contribution in [-0.2, 0) is 0 Å². The van der Waals surface area contributed by atoms with Gasteiger partial charge in [-0.05, 0) is 30.5 Å². The monoisotopic (exact) mass is 232 g/mol. The van der Waals surface area contributed by atoms with E-state index in [9.17, 15) is 9.90 Å². The molecular formula is C13H16N2O2. The summed E-state index contributed by atoms with van der Waals surface area (Å²) in [5.74, 6) is -0.470. The average Bonchev–Trinajstić information content (AvgIpc) is 2.24. The second kappa shape index (κ2) is 5.35. The van der Waals surface area contributed by atoms with Crippen molar-refractivity contribution in [3.8, 4) is 11.8 Å². The van der Waals surface area contributed by atoms with Gasteiger partial charge in [-0.25, -0.2) is 0 Å². The molecule has 17 heavy (non-hydrogen) atoms. The molecule has 0 aliphatic carbocycles. The molecule has 1 amide bonds. The lowest BCUT2D eigenvalue weighted by atomic mass is 10.0. The lowest BCUT2D eigenvalue weighted by Crippen LogP contribution is -2.37. The van der Waals surface area contributed by atoms with Crippen LogP contribution in [0.3, 0.4) is 0 Å². The number of nitrogens with zero attached hydrogens (tertiary/aromatic N) is 1. The molecule has 0 radical (unpaired) electrons. The zero-order valence-electron chi connectivity index (χ0n) is 10.2. The third kappa shape index (κ3) is 3.22. The van der Waals surface area contributed by atoms with E-state index in [1.54, 1.807) is 12.1 Å². The van der Waals surface area contributed by atoms with Crippen molar-refractivity contribution in [2.75, 3.05) is 0 Å². The van der Waals surface area contributed by atoms with E-state index in [0.29, 0.717) is 0 Å². The molecule has 0 saturated carbocycles. The molecule has 0 fully saturated rings. The van der Waals surface area contributed by atoms with E-state index >= 15 is 0 Å². The van der Waals surface area contributed by atoms with Crippen molar-refractivity contribution in [2.45, 2.75) is 26.8 Å². The Labute approximate surface area is 101 Å². The molecule has 1 unspecified atom stereocenters. The van der Waals surface area contributed by atoms with Crippen LogP contribution in [0.2, 0.25) is 0 Å². The first-order valence-electron chi connectivity index (χ1n) is 5.45. The third-order valence-electron chi connectivity index (χ3n) is 2.49. The molecule has 1 atom stereocenters. The van der Waals surface area contributed by atoms with Gasteiger partial charge in [0.1, 0.15) is 11.8 Å². The summed E-state index contributed by atoms with van der Waals surface area (Å²) in [6.45, 7) is 5.53. The van der Waals surface area contributed by atoms with Crippen LogP contribution in [0.1, 0.15) is 29.8 Å². The Balaban J connectivity index is 2.87. The van der Waals surface area contributed by atoms with Gasteiger partial charge in [-0.1, -0.05) is 19.9 Å². The summed E-state index contributed by atoms with van der Waals surface area (Å²) in [6.07, 6.45) is 0. The maximum atomic E-state index is 11.8. The highest BCUT2D eigenvalue weighted by molar-refractivity contribution is 5.97. The van der Waals surface area contributed by atoms with Gasteiger partial charge in [-0.2, -0.15) is 5.26 Å². The van der Waals surface area contributed by atoms with E-state index in [4.69, 9.17) is 5.26 Å². The topological polar surface area (TPSA) is 73.1 Å². The first kappa shape index (κ1) is 13.0.